The Bertz CT molecular complexity index is 663. The Morgan fingerprint density at radius 2 is 2.10 bits per heavy atom. The monoisotopic (exact) mass is 272 g/mol. The second-order valence-electron chi connectivity index (χ2n) is 4.43. The number of carbonyl (C=O) groups excluding carboxylic acids is 1. The highest BCUT2D eigenvalue weighted by Gasteiger charge is 2.28. The number of hydrogen-bond acceptors (Lipinski definition) is 5. The zero-order chi connectivity index (χ0) is 14.3. The van der Waals surface area contributed by atoms with Crippen molar-refractivity contribution < 1.29 is 14.3 Å². The quantitative estimate of drug-likeness (QED) is 0.773. The third kappa shape index (κ3) is 1.69. The first-order chi connectivity index (χ1) is 9.65. The summed E-state index contributed by atoms with van der Waals surface area (Å²) in [6.45, 7) is 6.64. The maximum atomic E-state index is 11.6. The maximum absolute atomic E-state index is 11.6. The molecule has 6 nitrogen and oxygen atoms in total. The second kappa shape index (κ2) is 4.48. The number of amides is 1. The summed E-state index contributed by atoms with van der Waals surface area (Å²) < 4.78 is 10.7. The molecule has 6 heteroatoms. The molecular formula is C14H12N2O4. The van der Waals surface area contributed by atoms with Gasteiger partial charge in [0.1, 0.15) is 0 Å². The van der Waals surface area contributed by atoms with Crippen molar-refractivity contribution in [3.8, 4) is 11.5 Å². The van der Waals surface area contributed by atoms with Crippen LogP contribution in [0.1, 0.15) is 12.5 Å². The molecule has 20 heavy (non-hydrogen) atoms. The zero-order valence-electron chi connectivity index (χ0n) is 10.9. The van der Waals surface area contributed by atoms with E-state index in [0.717, 1.165) is 11.3 Å². The Morgan fingerprint density at radius 3 is 2.75 bits per heavy atom. The summed E-state index contributed by atoms with van der Waals surface area (Å²) in [6.07, 6.45) is 1.59. The van der Waals surface area contributed by atoms with E-state index >= 15 is 0 Å². The van der Waals surface area contributed by atoms with Crippen molar-refractivity contribution in [3.63, 3.8) is 0 Å². The van der Waals surface area contributed by atoms with Crippen LogP contribution in [0.2, 0.25) is 0 Å². The van der Waals surface area contributed by atoms with Crippen LogP contribution in [-0.4, -0.2) is 19.2 Å². The molecule has 0 aliphatic carbocycles. The maximum Gasteiger partial charge on any atom is 0.318 e. The summed E-state index contributed by atoms with van der Waals surface area (Å²) in [4.78, 5) is 23.9. The van der Waals surface area contributed by atoms with Crippen LogP contribution in [0.5, 0.6) is 11.5 Å². The van der Waals surface area contributed by atoms with E-state index in [2.05, 4.69) is 11.8 Å². The van der Waals surface area contributed by atoms with Gasteiger partial charge in [0.2, 0.25) is 6.79 Å². The standard InChI is InChI=1S/C14H12N2O4/c1-3-16-6-10(14(17)15-18)8(2)9-4-12-13(5-11(9)16)20-7-19-12/h4-6H,2-3,7H2,1H3. The topological polar surface area (TPSA) is 68.2 Å². The van der Waals surface area contributed by atoms with E-state index in [1.807, 2.05) is 17.9 Å². The molecule has 2 aliphatic heterocycles. The number of carbonyl (C=O) groups is 1. The van der Waals surface area contributed by atoms with Crippen molar-refractivity contribution in [2.45, 2.75) is 6.92 Å². The van der Waals surface area contributed by atoms with Crippen LogP contribution in [0, 0.1) is 4.91 Å². The summed E-state index contributed by atoms with van der Waals surface area (Å²) in [5, 5.41) is 2.48. The first kappa shape index (κ1) is 12.4. The summed E-state index contributed by atoms with van der Waals surface area (Å²) in [7, 11) is 0. The van der Waals surface area contributed by atoms with Crippen LogP contribution in [-0.2, 0) is 4.79 Å². The number of benzene rings is 1. The van der Waals surface area contributed by atoms with Crippen LogP contribution in [0.3, 0.4) is 0 Å². The molecule has 0 spiro atoms. The first-order valence-corrected chi connectivity index (χ1v) is 6.15. The van der Waals surface area contributed by atoms with Gasteiger partial charge in [-0.05, 0) is 18.6 Å². The molecule has 3 rings (SSSR count). The van der Waals surface area contributed by atoms with Gasteiger partial charge in [0, 0.05) is 29.6 Å². The lowest BCUT2D eigenvalue weighted by atomic mass is 9.93. The normalized spacial score (nSPS) is 15.8. The van der Waals surface area contributed by atoms with Crippen molar-refractivity contribution >= 4 is 17.2 Å². The lowest BCUT2D eigenvalue weighted by Crippen LogP contribution is -2.23. The van der Waals surface area contributed by atoms with Crippen LogP contribution in [0.4, 0.5) is 5.69 Å². The molecule has 1 amide bonds. The lowest BCUT2D eigenvalue weighted by molar-refractivity contribution is -0.114. The van der Waals surface area contributed by atoms with Gasteiger partial charge in [-0.3, -0.25) is 4.79 Å². The molecular weight excluding hydrogens is 260 g/mol. The Labute approximate surface area is 115 Å². The largest absolute Gasteiger partial charge is 0.454 e. The van der Waals surface area contributed by atoms with Gasteiger partial charge in [-0.1, -0.05) is 6.58 Å². The van der Waals surface area contributed by atoms with Crippen LogP contribution in [0.15, 0.2) is 35.7 Å². The van der Waals surface area contributed by atoms with Gasteiger partial charge >= 0.3 is 5.91 Å². The predicted molar refractivity (Wildman–Crippen MR) is 73.5 cm³/mol. The van der Waals surface area contributed by atoms with E-state index in [0.29, 0.717) is 23.6 Å². The average molecular weight is 272 g/mol. The molecule has 0 atom stereocenters. The first-order valence-electron chi connectivity index (χ1n) is 6.15. The van der Waals surface area contributed by atoms with Crippen molar-refractivity contribution in [3.05, 3.63) is 41.0 Å². The SMILES string of the molecule is C=C1C(C(=O)N=O)=CN(CC)c2cc3c(cc21)OCO3. The van der Waals surface area contributed by atoms with Crippen molar-refractivity contribution in [1.29, 1.82) is 0 Å². The zero-order valence-corrected chi connectivity index (χ0v) is 10.9. The molecule has 0 radical (unpaired) electrons. The van der Waals surface area contributed by atoms with Gasteiger partial charge in [0.15, 0.2) is 11.5 Å². The molecule has 0 saturated carbocycles. The fourth-order valence-electron chi connectivity index (χ4n) is 2.35. The highest BCUT2D eigenvalue weighted by Crippen LogP contribution is 2.44. The molecule has 1 aromatic rings. The van der Waals surface area contributed by atoms with Gasteiger partial charge in [0.25, 0.3) is 0 Å². The Balaban J connectivity index is 2.15. The van der Waals surface area contributed by atoms with E-state index in [1.54, 1.807) is 12.3 Å². The minimum Gasteiger partial charge on any atom is -0.454 e. The molecule has 0 aromatic heterocycles. The average Bonchev–Trinajstić information content (AvgIpc) is 2.92. The number of nitroso groups, excluding NO2 is 1. The third-order valence-corrected chi connectivity index (χ3v) is 3.39. The molecule has 0 unspecified atom stereocenters. The van der Waals surface area contributed by atoms with Crippen molar-refractivity contribution in [1.82, 2.24) is 0 Å². The predicted octanol–water partition coefficient (Wildman–Crippen LogP) is 2.45. The number of anilines is 1. The number of rotatable bonds is 2. The highest BCUT2D eigenvalue weighted by atomic mass is 16.7. The van der Waals surface area contributed by atoms with Gasteiger partial charge in [-0.2, -0.15) is 0 Å². The number of fused-ring (bicyclic) bond motifs is 2. The molecule has 1 aromatic carbocycles. The van der Waals surface area contributed by atoms with Gasteiger partial charge in [-0.15, -0.1) is 4.91 Å². The van der Waals surface area contributed by atoms with Crippen molar-refractivity contribution in [2.75, 3.05) is 18.2 Å². The molecule has 0 saturated heterocycles. The molecule has 2 heterocycles. The molecule has 0 bridgehead atoms. The summed E-state index contributed by atoms with van der Waals surface area (Å²) in [5.41, 5.74) is 2.27. The molecule has 102 valence electrons. The van der Waals surface area contributed by atoms with Crippen LogP contribution < -0.4 is 14.4 Å². The van der Waals surface area contributed by atoms with Crippen LogP contribution >= 0.6 is 0 Å². The fraction of sp³-hybridized carbons (Fsp3) is 0.214. The Hall–Kier alpha value is -2.63. The minimum absolute atomic E-state index is 0.173. The Morgan fingerprint density at radius 1 is 1.40 bits per heavy atom. The fourth-order valence-corrected chi connectivity index (χ4v) is 2.35. The molecule has 0 fully saturated rings. The third-order valence-electron chi connectivity index (χ3n) is 3.39. The number of nitrogens with zero attached hydrogens (tertiary/aromatic N) is 2. The van der Waals surface area contributed by atoms with E-state index < -0.39 is 5.91 Å². The van der Waals surface area contributed by atoms with Gasteiger partial charge < -0.3 is 14.4 Å². The summed E-state index contributed by atoms with van der Waals surface area (Å²) >= 11 is 0. The van der Waals surface area contributed by atoms with E-state index in [9.17, 15) is 9.70 Å². The van der Waals surface area contributed by atoms with Crippen LogP contribution in [0.25, 0.3) is 5.57 Å². The Kier molecular flexibility index (Phi) is 2.78. The minimum atomic E-state index is -0.822. The second-order valence-corrected chi connectivity index (χ2v) is 4.43. The molecule has 0 N–H and O–H groups in total. The van der Waals surface area contributed by atoms with E-state index in [-0.39, 0.29) is 12.4 Å². The molecule has 2 aliphatic rings. The summed E-state index contributed by atoms with van der Waals surface area (Å²) in [6, 6.07) is 3.62. The smallest absolute Gasteiger partial charge is 0.318 e. The van der Waals surface area contributed by atoms with Gasteiger partial charge in [0.05, 0.1) is 11.3 Å². The number of hydrogen-bond donors (Lipinski definition) is 0. The van der Waals surface area contributed by atoms with Crippen molar-refractivity contribution in [2.24, 2.45) is 5.18 Å². The summed E-state index contributed by atoms with van der Waals surface area (Å²) in [5.74, 6) is 0.442. The number of ether oxygens (including phenoxy) is 2. The van der Waals surface area contributed by atoms with E-state index in [1.165, 1.54) is 0 Å². The lowest BCUT2D eigenvalue weighted by Gasteiger charge is -2.28. The van der Waals surface area contributed by atoms with E-state index in [4.69, 9.17) is 9.47 Å². The van der Waals surface area contributed by atoms with Gasteiger partial charge in [-0.25, -0.2) is 0 Å². The highest BCUT2D eigenvalue weighted by molar-refractivity contribution is 6.12.